The highest BCUT2D eigenvalue weighted by Gasteiger charge is 2.61. The van der Waals surface area contributed by atoms with Crippen molar-refractivity contribution in [3.05, 3.63) is 48.5 Å². The SMILES string of the molecule is CN(C)c1ccc([P+](c2ccc(N(C)C)cc2)(C(C)(C)C)C(C)(C)C)cc1. The summed E-state index contributed by atoms with van der Waals surface area (Å²) in [6, 6.07) is 18.6. The van der Waals surface area contributed by atoms with Gasteiger partial charge in [-0.3, -0.25) is 0 Å². The number of anilines is 2. The van der Waals surface area contributed by atoms with E-state index in [0.717, 1.165) is 0 Å². The van der Waals surface area contributed by atoms with E-state index in [9.17, 15) is 0 Å². The molecule has 0 N–H and O–H groups in total. The molecule has 0 aliphatic carbocycles. The molecule has 2 aromatic rings. The van der Waals surface area contributed by atoms with Gasteiger partial charge in [0.15, 0.2) is 0 Å². The average molecular weight is 386 g/mol. The lowest BCUT2D eigenvalue weighted by Crippen LogP contribution is -2.46. The second-order valence-corrected chi connectivity index (χ2v) is 14.9. The molecule has 0 heterocycles. The van der Waals surface area contributed by atoms with Gasteiger partial charge in [0, 0.05) is 39.6 Å². The largest absolute Gasteiger partial charge is 0.378 e. The molecule has 2 aromatic carbocycles. The predicted molar refractivity (Wildman–Crippen MR) is 127 cm³/mol. The predicted octanol–water partition coefficient (Wildman–Crippen LogP) is 5.38. The van der Waals surface area contributed by atoms with Gasteiger partial charge in [0.25, 0.3) is 0 Å². The van der Waals surface area contributed by atoms with Gasteiger partial charge in [0.1, 0.15) is 10.6 Å². The van der Waals surface area contributed by atoms with Crippen LogP contribution in [-0.2, 0) is 0 Å². The summed E-state index contributed by atoms with van der Waals surface area (Å²) in [5, 5.41) is 3.30. The highest BCUT2D eigenvalue weighted by atomic mass is 31.2. The van der Waals surface area contributed by atoms with E-state index in [1.54, 1.807) is 0 Å². The zero-order chi connectivity index (χ0) is 20.6. The summed E-state index contributed by atoms with van der Waals surface area (Å²) in [4.78, 5) is 4.34. The summed E-state index contributed by atoms with van der Waals surface area (Å²) >= 11 is 0. The number of rotatable bonds is 4. The molecule has 0 aromatic heterocycles. The van der Waals surface area contributed by atoms with Crippen LogP contribution in [0.4, 0.5) is 11.4 Å². The summed E-state index contributed by atoms with van der Waals surface area (Å²) < 4.78 is 0. The second-order valence-electron chi connectivity index (χ2n) is 9.83. The lowest BCUT2D eigenvalue weighted by Gasteiger charge is -2.47. The molecule has 3 heteroatoms. The Morgan fingerprint density at radius 1 is 0.519 bits per heavy atom. The van der Waals surface area contributed by atoms with Crippen molar-refractivity contribution >= 4 is 29.2 Å². The van der Waals surface area contributed by atoms with Crippen LogP contribution in [0, 0.1) is 0 Å². The Kier molecular flexibility index (Phi) is 6.02. The quantitative estimate of drug-likeness (QED) is 0.652. The molecule has 2 rings (SSSR count). The summed E-state index contributed by atoms with van der Waals surface area (Å²) in [6.45, 7) is 14.5. The summed E-state index contributed by atoms with van der Waals surface area (Å²) in [7, 11) is 6.70. The summed E-state index contributed by atoms with van der Waals surface area (Å²) in [5.74, 6) is 0. The number of benzene rings is 2. The molecule has 0 saturated heterocycles. The average Bonchev–Trinajstić information content (AvgIpc) is 2.53. The van der Waals surface area contributed by atoms with Crippen LogP contribution in [0.2, 0.25) is 0 Å². The van der Waals surface area contributed by atoms with E-state index in [0.29, 0.717) is 0 Å². The van der Waals surface area contributed by atoms with Crippen LogP contribution in [-0.4, -0.2) is 38.5 Å². The Bertz CT molecular complexity index is 677. The van der Waals surface area contributed by atoms with Gasteiger partial charge >= 0.3 is 0 Å². The molecule has 0 atom stereocenters. The smallest absolute Gasteiger partial charge is 0.100 e. The molecule has 0 bridgehead atoms. The minimum absolute atomic E-state index is 0.157. The molecule has 0 fully saturated rings. The zero-order valence-electron chi connectivity index (χ0n) is 19.0. The van der Waals surface area contributed by atoms with Crippen molar-refractivity contribution < 1.29 is 0 Å². The molecule has 148 valence electrons. The topological polar surface area (TPSA) is 6.48 Å². The molecule has 0 spiro atoms. The monoisotopic (exact) mass is 385 g/mol. The van der Waals surface area contributed by atoms with Gasteiger partial charge in [-0.25, -0.2) is 0 Å². The minimum atomic E-state index is -1.71. The normalized spacial score (nSPS) is 12.8. The molecule has 0 radical (unpaired) electrons. The first-order chi connectivity index (χ1) is 12.3. The third-order valence-corrected chi connectivity index (χ3v) is 11.7. The van der Waals surface area contributed by atoms with Crippen LogP contribution in [0.15, 0.2) is 48.5 Å². The molecule has 0 aliphatic rings. The fourth-order valence-electron chi connectivity index (χ4n) is 4.65. The number of hydrogen-bond donors (Lipinski definition) is 0. The van der Waals surface area contributed by atoms with Gasteiger partial charge in [-0.2, -0.15) is 0 Å². The molecule has 0 saturated carbocycles. The van der Waals surface area contributed by atoms with E-state index in [-0.39, 0.29) is 10.3 Å². The highest BCUT2D eigenvalue weighted by Crippen LogP contribution is 2.74. The first-order valence-electron chi connectivity index (χ1n) is 9.77. The van der Waals surface area contributed by atoms with Crippen LogP contribution in [0.25, 0.3) is 0 Å². The highest BCUT2D eigenvalue weighted by molar-refractivity contribution is 7.91. The van der Waals surface area contributed by atoms with Crippen LogP contribution in [0.3, 0.4) is 0 Å². The van der Waals surface area contributed by atoms with Gasteiger partial charge in [-0.15, -0.1) is 0 Å². The Labute approximate surface area is 167 Å². The van der Waals surface area contributed by atoms with Crippen molar-refractivity contribution in [2.45, 2.75) is 51.9 Å². The van der Waals surface area contributed by atoms with Crippen molar-refractivity contribution in [2.24, 2.45) is 0 Å². The van der Waals surface area contributed by atoms with E-state index in [1.165, 1.54) is 22.0 Å². The molecule has 0 unspecified atom stereocenters. The minimum Gasteiger partial charge on any atom is -0.378 e. The van der Waals surface area contributed by atoms with Crippen LogP contribution in [0.5, 0.6) is 0 Å². The Morgan fingerprint density at radius 2 is 0.778 bits per heavy atom. The van der Waals surface area contributed by atoms with Crippen LogP contribution < -0.4 is 20.4 Å². The van der Waals surface area contributed by atoms with Gasteiger partial charge < -0.3 is 9.80 Å². The number of nitrogens with zero attached hydrogens (tertiary/aromatic N) is 2. The maximum absolute atomic E-state index is 2.42. The fourth-order valence-corrected chi connectivity index (χ4v) is 11.3. The Morgan fingerprint density at radius 3 is 0.963 bits per heavy atom. The van der Waals surface area contributed by atoms with Gasteiger partial charge in [-0.05, 0) is 90.1 Å². The Hall–Kier alpha value is -1.53. The standard InChI is InChI=1S/C24H38N2P/c1-23(2,3)27(24(4,5)6,21-15-11-19(12-16-21)25(7)8)22-17-13-20(14-18-22)26(9)10/h11-18H,1-10H3/q+1. The van der Waals surface area contributed by atoms with Crippen molar-refractivity contribution in [3.8, 4) is 0 Å². The summed E-state index contributed by atoms with van der Waals surface area (Å²) in [6.07, 6.45) is 0. The lowest BCUT2D eigenvalue weighted by atomic mass is 10.2. The van der Waals surface area contributed by atoms with Crippen molar-refractivity contribution in [2.75, 3.05) is 38.0 Å². The third kappa shape index (κ3) is 3.87. The molecular weight excluding hydrogens is 347 g/mol. The van der Waals surface area contributed by atoms with E-state index < -0.39 is 7.26 Å². The van der Waals surface area contributed by atoms with Crippen molar-refractivity contribution in [1.29, 1.82) is 0 Å². The molecule has 2 nitrogen and oxygen atoms in total. The molecular formula is C24H38N2P+. The number of hydrogen-bond acceptors (Lipinski definition) is 2. The maximum Gasteiger partial charge on any atom is 0.100 e. The fraction of sp³-hybridized carbons (Fsp3) is 0.500. The van der Waals surface area contributed by atoms with E-state index in [2.05, 4.69) is 128 Å². The van der Waals surface area contributed by atoms with Gasteiger partial charge in [0.2, 0.25) is 0 Å². The lowest BCUT2D eigenvalue weighted by molar-refractivity contribution is 0.703. The van der Waals surface area contributed by atoms with E-state index in [4.69, 9.17) is 0 Å². The Balaban J connectivity index is 2.78. The molecule has 0 aliphatic heterocycles. The second kappa shape index (κ2) is 7.47. The molecule has 27 heavy (non-hydrogen) atoms. The van der Waals surface area contributed by atoms with Crippen molar-refractivity contribution in [3.63, 3.8) is 0 Å². The van der Waals surface area contributed by atoms with E-state index in [1.807, 2.05) is 0 Å². The van der Waals surface area contributed by atoms with Crippen LogP contribution in [0.1, 0.15) is 41.5 Å². The molecule has 0 amide bonds. The third-order valence-electron chi connectivity index (χ3n) is 5.52. The van der Waals surface area contributed by atoms with E-state index >= 15 is 0 Å². The first kappa shape index (κ1) is 21.8. The van der Waals surface area contributed by atoms with Gasteiger partial charge in [0.05, 0.1) is 17.6 Å². The van der Waals surface area contributed by atoms with Gasteiger partial charge in [-0.1, -0.05) is 0 Å². The zero-order valence-corrected chi connectivity index (χ0v) is 19.9. The maximum atomic E-state index is 2.42. The van der Waals surface area contributed by atoms with Crippen molar-refractivity contribution in [1.82, 2.24) is 0 Å². The first-order valence-corrected chi connectivity index (χ1v) is 11.6. The summed E-state index contributed by atoms with van der Waals surface area (Å²) in [5.41, 5.74) is 2.50. The van der Waals surface area contributed by atoms with Crippen LogP contribution >= 0.6 is 7.26 Å².